The monoisotopic (exact) mass is 879 g/mol. The number of fused-ring (bicyclic) bond motifs is 5. The van der Waals surface area contributed by atoms with Crippen LogP contribution in [0.1, 0.15) is 69.9 Å². The number of halogens is 3. The molecule has 4 aliphatic rings. The van der Waals surface area contributed by atoms with Crippen LogP contribution in [0.2, 0.25) is 0 Å². The van der Waals surface area contributed by atoms with Gasteiger partial charge in [-0.2, -0.15) is 24.9 Å². The van der Waals surface area contributed by atoms with Gasteiger partial charge >= 0.3 is 28.5 Å². The quantitative estimate of drug-likeness (QED) is 0.201. The van der Waals surface area contributed by atoms with E-state index in [9.17, 15) is 32.1 Å². The van der Waals surface area contributed by atoms with E-state index in [4.69, 9.17) is 32.6 Å². The molecule has 4 aliphatic heterocycles. The van der Waals surface area contributed by atoms with Gasteiger partial charge in [-0.25, -0.2) is 9.00 Å². The molecular weight excluding hydrogens is 832 g/mol. The molecule has 14 nitrogen and oxygen atoms in total. The highest BCUT2D eigenvalue weighted by Crippen LogP contribution is 2.52. The molecule has 0 saturated carbocycles. The summed E-state index contributed by atoms with van der Waals surface area (Å²) in [6.07, 6.45) is 1.58. The molecule has 3 aromatic carbocycles. The fraction of sp³-hybridized carbons (Fsp3) is 0.512. The predicted molar refractivity (Wildman–Crippen MR) is 216 cm³/mol. The average molecular weight is 880 g/mol. The molecule has 0 aliphatic carbocycles. The lowest BCUT2D eigenvalue weighted by molar-refractivity contribution is -0.154. The highest BCUT2D eigenvalue weighted by Gasteiger charge is 2.49. The maximum absolute atomic E-state index is 14.9. The van der Waals surface area contributed by atoms with Crippen LogP contribution in [0.25, 0.3) is 0 Å². The number of phenolic OH excluding ortho intramolecular Hbond substituents is 1. The van der Waals surface area contributed by atoms with E-state index >= 15 is 0 Å². The number of esters is 2. The van der Waals surface area contributed by atoms with Gasteiger partial charge in [0, 0.05) is 53.3 Å². The second kappa shape index (κ2) is 17.1. The Balaban J connectivity index is 1.41. The first kappa shape index (κ1) is 43.7. The predicted octanol–water partition coefficient (Wildman–Crippen LogP) is 5.50. The number of methoxy groups -OCH3 is 2. The number of rotatable bonds is 7. The van der Waals surface area contributed by atoms with Crippen LogP contribution in [0, 0.1) is 20.8 Å². The van der Waals surface area contributed by atoms with Gasteiger partial charge in [0.15, 0.2) is 40.0 Å². The Bertz CT molecular complexity index is 2220. The molecule has 1 fully saturated rings. The fourth-order valence-corrected chi connectivity index (χ4v) is 10.9. The normalized spacial score (nSPS) is 23.6. The van der Waals surface area contributed by atoms with Crippen molar-refractivity contribution >= 4 is 34.8 Å². The molecular formula is C41H48F3N3O11S2. The van der Waals surface area contributed by atoms with Gasteiger partial charge in [-0.05, 0) is 88.0 Å². The molecule has 3 unspecified atom stereocenters. The molecule has 3 N–H and O–H groups in total. The van der Waals surface area contributed by atoms with Gasteiger partial charge in [0.25, 0.3) is 0 Å². The lowest BCUT2D eigenvalue weighted by atomic mass is 9.83. The summed E-state index contributed by atoms with van der Waals surface area (Å²) in [5, 5.41) is 18.8. The number of hydrogen-bond acceptors (Lipinski definition) is 15. The number of alkyl halides is 3. The molecule has 19 heteroatoms. The third kappa shape index (κ3) is 7.71. The summed E-state index contributed by atoms with van der Waals surface area (Å²) in [6.45, 7) is 7.26. The minimum absolute atomic E-state index is 0.0241. The van der Waals surface area contributed by atoms with Crippen LogP contribution in [-0.4, -0.2) is 97.0 Å². The third-order valence-electron chi connectivity index (χ3n) is 11.7. The van der Waals surface area contributed by atoms with Gasteiger partial charge in [-0.15, -0.1) is 0 Å². The third-order valence-corrected chi connectivity index (χ3v) is 13.6. The molecule has 3 aromatic rings. The van der Waals surface area contributed by atoms with E-state index in [2.05, 4.69) is 15.5 Å². The second-order valence-electron chi connectivity index (χ2n) is 15.1. The number of likely N-dealkylation sites (N-methyl/N-ethyl adjacent to an activating group) is 1. The molecule has 0 aromatic heterocycles. The zero-order chi connectivity index (χ0) is 43.3. The molecule has 4 heterocycles. The van der Waals surface area contributed by atoms with Gasteiger partial charge in [-0.1, -0.05) is 6.07 Å². The SMILES string of the molecule is CN[C@@H]1c2c(cc(C)c(OC)c2O)CCCN2C(c3c(C)c(OC(C)=O)c(C)c4c3OCO4)COC(=O)[C@]3(CSCC12)NCCc1cc(OS(=O)C(F)(F)F)c(OC)cc13. The first-order chi connectivity index (χ1) is 28.6. The lowest BCUT2D eigenvalue weighted by Crippen LogP contribution is -2.57. The van der Waals surface area contributed by atoms with Crippen LogP contribution >= 0.6 is 11.8 Å². The largest absolute Gasteiger partial charge is 0.508 e. The molecule has 1 saturated heterocycles. The van der Waals surface area contributed by atoms with Crippen LogP contribution in [0.3, 0.4) is 0 Å². The molecule has 60 heavy (non-hydrogen) atoms. The standard InChI is InChI=1S/C41H48F3N3O11S2/c1-20-13-25-9-8-12-47-27(31-21(2)36(57-23(4)48)22(3)37-38(31)56-19-55-37)16-54-39(50)40(18-59-17-28(47)33(45-5)32(25)34(49)35(20)53-7)26-15-29(52-6)30(14-24(26)10-11-46-40)58-60(51)41(42,43)44/h13-15,27-28,33,45-46,49H,8-12,16-19H2,1-7H3/t27?,28?,33-,40+,60?/m0/s1. The number of benzene rings is 3. The summed E-state index contributed by atoms with van der Waals surface area (Å²) >= 11 is -2.21. The van der Waals surface area contributed by atoms with Crippen molar-refractivity contribution in [1.82, 2.24) is 15.5 Å². The maximum atomic E-state index is 14.9. The van der Waals surface area contributed by atoms with Crippen molar-refractivity contribution in [2.45, 2.75) is 76.1 Å². The second-order valence-corrected chi connectivity index (χ2v) is 17.2. The maximum Gasteiger partial charge on any atom is 0.508 e. The molecule has 1 spiro atoms. The van der Waals surface area contributed by atoms with E-state index in [0.717, 1.165) is 11.1 Å². The van der Waals surface area contributed by atoms with E-state index in [1.807, 2.05) is 27.0 Å². The number of aromatic hydroxyl groups is 1. The number of nitrogens with one attached hydrogen (secondary N) is 2. The number of thioether (sulfide) groups is 1. The highest BCUT2D eigenvalue weighted by molar-refractivity contribution is 7.99. The lowest BCUT2D eigenvalue weighted by Gasteiger charge is -2.46. The summed E-state index contributed by atoms with van der Waals surface area (Å²) in [4.78, 5) is 29.6. The van der Waals surface area contributed by atoms with Gasteiger partial charge in [-0.3, -0.25) is 15.0 Å². The van der Waals surface area contributed by atoms with E-state index in [-0.39, 0.29) is 42.9 Å². The average Bonchev–Trinajstić information content (AvgIpc) is 3.68. The van der Waals surface area contributed by atoms with Crippen LogP contribution in [0.5, 0.6) is 40.2 Å². The van der Waals surface area contributed by atoms with Crippen molar-refractivity contribution < 1.29 is 64.7 Å². The number of carbonyl (C=O) groups excluding carboxylic acids is 2. The van der Waals surface area contributed by atoms with Gasteiger partial charge in [0.2, 0.25) is 6.79 Å². The van der Waals surface area contributed by atoms with Gasteiger partial charge in [0.05, 0.1) is 26.3 Å². The number of ether oxygens (including phenoxy) is 6. The zero-order valence-corrected chi connectivity index (χ0v) is 35.9. The number of phenols is 1. The summed E-state index contributed by atoms with van der Waals surface area (Å²) in [6, 6.07) is 3.18. The van der Waals surface area contributed by atoms with E-state index in [1.54, 1.807) is 6.92 Å². The van der Waals surface area contributed by atoms with Crippen molar-refractivity contribution in [2.24, 2.45) is 0 Å². The molecule has 7 rings (SSSR count). The summed E-state index contributed by atoms with van der Waals surface area (Å²) < 4.78 is 92.4. The zero-order valence-electron chi connectivity index (χ0n) is 34.3. The summed E-state index contributed by atoms with van der Waals surface area (Å²) in [7, 11) is 4.57. The number of hydrogen-bond donors (Lipinski definition) is 3. The Kier molecular flexibility index (Phi) is 12.5. The number of cyclic esters (lactones) is 1. The van der Waals surface area contributed by atoms with Crippen molar-refractivity contribution in [3.63, 3.8) is 0 Å². The number of carbonyl (C=O) groups is 2. The Morgan fingerprint density at radius 1 is 1.02 bits per heavy atom. The Morgan fingerprint density at radius 2 is 1.77 bits per heavy atom. The van der Waals surface area contributed by atoms with Crippen LogP contribution in [-0.2, 0) is 43.8 Å². The Morgan fingerprint density at radius 3 is 2.45 bits per heavy atom. The molecule has 0 bridgehead atoms. The first-order valence-electron chi connectivity index (χ1n) is 19.4. The fourth-order valence-electron chi connectivity index (χ4n) is 9.12. The number of nitrogens with zero attached hydrogens (tertiary/aromatic N) is 1. The number of aryl methyl sites for hydroxylation is 2. The molecule has 5 atom stereocenters. The van der Waals surface area contributed by atoms with Crippen LogP contribution in [0.15, 0.2) is 18.2 Å². The minimum atomic E-state index is -5.14. The van der Waals surface area contributed by atoms with Crippen LogP contribution in [0.4, 0.5) is 13.2 Å². The van der Waals surface area contributed by atoms with Gasteiger partial charge < -0.3 is 43.0 Å². The van der Waals surface area contributed by atoms with E-state index in [0.29, 0.717) is 87.9 Å². The topological polar surface area (TPSA) is 163 Å². The van der Waals surface area contributed by atoms with Crippen molar-refractivity contribution in [3.05, 3.63) is 62.7 Å². The Hall–Kier alpha value is -4.43. The molecule has 0 amide bonds. The van der Waals surface area contributed by atoms with Crippen molar-refractivity contribution in [3.8, 4) is 40.2 Å². The summed E-state index contributed by atoms with van der Waals surface area (Å²) in [5.41, 5.74) is -1.57. The highest BCUT2D eigenvalue weighted by atomic mass is 32.2. The molecule has 326 valence electrons. The minimum Gasteiger partial charge on any atom is -0.504 e. The van der Waals surface area contributed by atoms with Gasteiger partial charge in [0.1, 0.15) is 12.4 Å². The first-order valence-corrected chi connectivity index (χ1v) is 21.6. The van der Waals surface area contributed by atoms with Crippen LogP contribution < -0.4 is 38.5 Å². The summed E-state index contributed by atoms with van der Waals surface area (Å²) in [5.74, 6) is 0.325. The molecule has 0 radical (unpaired) electrons. The van der Waals surface area contributed by atoms with E-state index in [1.165, 1.54) is 45.0 Å². The van der Waals surface area contributed by atoms with Crippen molar-refractivity contribution in [2.75, 3.05) is 59.3 Å². The van der Waals surface area contributed by atoms with Crippen molar-refractivity contribution in [1.29, 1.82) is 0 Å². The smallest absolute Gasteiger partial charge is 0.504 e. The Labute approximate surface area is 352 Å². The van der Waals surface area contributed by atoms with E-state index < -0.39 is 52.2 Å².